The van der Waals surface area contributed by atoms with Crippen LogP contribution in [0.5, 0.6) is 0 Å². The third-order valence-corrected chi connectivity index (χ3v) is 5.85. The summed E-state index contributed by atoms with van der Waals surface area (Å²) in [5.74, 6) is 0.527. The van der Waals surface area contributed by atoms with Crippen LogP contribution in [0.1, 0.15) is 56.3 Å². The quantitative estimate of drug-likeness (QED) is 0.648. The predicted octanol–water partition coefficient (Wildman–Crippen LogP) is 1.87. The van der Waals surface area contributed by atoms with Gasteiger partial charge in [-0.15, -0.1) is 0 Å². The molecule has 1 heterocycles. The molecule has 0 saturated heterocycles. The summed E-state index contributed by atoms with van der Waals surface area (Å²) in [5.41, 5.74) is 13.2. The summed E-state index contributed by atoms with van der Waals surface area (Å²) in [5, 5.41) is 2.99. The first kappa shape index (κ1) is 21.1. The van der Waals surface area contributed by atoms with Gasteiger partial charge < -0.3 is 21.7 Å². The summed E-state index contributed by atoms with van der Waals surface area (Å²) in [7, 11) is 0. The van der Waals surface area contributed by atoms with Gasteiger partial charge in [0.15, 0.2) is 0 Å². The Morgan fingerprint density at radius 1 is 1.14 bits per heavy atom. The molecule has 0 radical (unpaired) electrons. The molecule has 0 unspecified atom stereocenters. The Morgan fingerprint density at radius 2 is 1.79 bits per heavy atom. The lowest BCUT2D eigenvalue weighted by molar-refractivity contribution is 0.0949. The molecule has 158 valence electrons. The number of carbonyl (C=O) groups is 1. The highest BCUT2D eigenvalue weighted by Crippen LogP contribution is 2.39. The molecule has 1 fully saturated rings. The highest BCUT2D eigenvalue weighted by molar-refractivity contribution is 6.06. The molecular formula is C21H33N7O. The number of aliphatic imine (C=N–C) groups is 2. The zero-order valence-electron chi connectivity index (χ0n) is 17.5. The molecule has 1 saturated carbocycles. The van der Waals surface area contributed by atoms with Crippen LogP contribution in [0.3, 0.4) is 0 Å². The fourth-order valence-corrected chi connectivity index (χ4v) is 4.23. The Bertz CT molecular complexity index is 762. The van der Waals surface area contributed by atoms with Crippen molar-refractivity contribution in [2.75, 3.05) is 31.1 Å². The van der Waals surface area contributed by atoms with Gasteiger partial charge >= 0.3 is 0 Å². The normalized spacial score (nSPS) is 18.5. The molecule has 1 amide bonds. The van der Waals surface area contributed by atoms with Crippen LogP contribution < -0.4 is 21.7 Å². The fourth-order valence-electron chi connectivity index (χ4n) is 4.23. The molecule has 29 heavy (non-hydrogen) atoms. The smallest absolute Gasteiger partial charge is 0.251 e. The highest BCUT2D eigenvalue weighted by Gasteiger charge is 2.42. The molecule has 8 nitrogen and oxygen atoms in total. The highest BCUT2D eigenvalue weighted by atomic mass is 16.1. The van der Waals surface area contributed by atoms with Gasteiger partial charge in [-0.3, -0.25) is 9.69 Å². The van der Waals surface area contributed by atoms with Crippen LogP contribution >= 0.6 is 0 Å². The largest absolute Gasteiger partial charge is 0.369 e. The minimum atomic E-state index is -0.471. The second-order valence-corrected chi connectivity index (χ2v) is 7.65. The zero-order chi connectivity index (χ0) is 20.9. The third kappa shape index (κ3) is 4.70. The van der Waals surface area contributed by atoms with Crippen LogP contribution in [0, 0.1) is 0 Å². The Labute approximate surface area is 173 Å². The molecule has 0 atom stereocenters. The molecule has 2 aliphatic rings. The van der Waals surface area contributed by atoms with E-state index in [4.69, 9.17) is 11.5 Å². The molecular weight excluding hydrogens is 366 g/mol. The second-order valence-electron chi connectivity index (χ2n) is 7.65. The SMILES string of the molecule is CCN(CC)CCNC(=O)c1ccc(N2C(N)=NC(N)=NC23CCCCC3)cc1. The summed E-state index contributed by atoms with van der Waals surface area (Å²) in [6.07, 6.45) is 5.12. The number of amides is 1. The molecule has 1 spiro atoms. The topological polar surface area (TPSA) is 112 Å². The average molecular weight is 400 g/mol. The van der Waals surface area contributed by atoms with Crippen LogP contribution in [0.2, 0.25) is 0 Å². The van der Waals surface area contributed by atoms with Gasteiger partial charge in [-0.1, -0.05) is 20.3 Å². The number of carbonyl (C=O) groups excluding carboxylic acids is 1. The zero-order valence-corrected chi connectivity index (χ0v) is 17.5. The number of hydrogen-bond acceptors (Lipinski definition) is 7. The number of guanidine groups is 2. The minimum Gasteiger partial charge on any atom is -0.369 e. The molecule has 1 aliphatic carbocycles. The third-order valence-electron chi connectivity index (χ3n) is 5.85. The maximum atomic E-state index is 12.5. The lowest BCUT2D eigenvalue weighted by atomic mass is 9.87. The number of nitrogens with two attached hydrogens (primary N) is 2. The summed E-state index contributed by atoms with van der Waals surface area (Å²) in [6.45, 7) is 7.68. The van der Waals surface area contributed by atoms with Crippen molar-refractivity contribution in [2.45, 2.75) is 51.6 Å². The molecule has 5 N–H and O–H groups in total. The van der Waals surface area contributed by atoms with E-state index < -0.39 is 5.66 Å². The first-order valence-corrected chi connectivity index (χ1v) is 10.6. The Balaban J connectivity index is 1.71. The van der Waals surface area contributed by atoms with E-state index in [1.807, 2.05) is 29.2 Å². The molecule has 3 rings (SSSR count). The number of nitrogens with one attached hydrogen (secondary N) is 1. The Morgan fingerprint density at radius 3 is 2.41 bits per heavy atom. The van der Waals surface area contributed by atoms with Crippen molar-refractivity contribution < 1.29 is 4.79 Å². The fraction of sp³-hybridized carbons (Fsp3) is 0.571. The van der Waals surface area contributed by atoms with Crippen LogP contribution in [-0.2, 0) is 0 Å². The number of hydrogen-bond donors (Lipinski definition) is 3. The van der Waals surface area contributed by atoms with Crippen LogP contribution in [0.4, 0.5) is 5.69 Å². The van der Waals surface area contributed by atoms with E-state index in [1.165, 1.54) is 6.42 Å². The van der Waals surface area contributed by atoms with Crippen molar-refractivity contribution in [2.24, 2.45) is 21.5 Å². The maximum Gasteiger partial charge on any atom is 0.251 e. The standard InChI is InChI=1S/C21H33N7O/c1-3-27(4-2)15-14-24-18(29)16-8-10-17(11-9-16)28-20(23)25-19(22)26-21(28)12-6-5-7-13-21/h8-11H,3-7,12-15H2,1-2H3,(H,24,29)(H4,22,23,25,26). The van der Waals surface area contributed by atoms with Crippen molar-refractivity contribution in [3.63, 3.8) is 0 Å². The van der Waals surface area contributed by atoms with Crippen molar-refractivity contribution in [1.29, 1.82) is 0 Å². The molecule has 0 bridgehead atoms. The van der Waals surface area contributed by atoms with Crippen LogP contribution in [0.25, 0.3) is 0 Å². The monoisotopic (exact) mass is 399 g/mol. The second kappa shape index (κ2) is 9.26. The van der Waals surface area contributed by atoms with Gasteiger partial charge in [0, 0.05) is 24.3 Å². The Kier molecular flexibility index (Phi) is 6.74. The van der Waals surface area contributed by atoms with Crippen molar-refractivity contribution in [3.05, 3.63) is 29.8 Å². The summed E-state index contributed by atoms with van der Waals surface area (Å²) < 4.78 is 0. The Hall–Kier alpha value is -2.61. The van der Waals surface area contributed by atoms with Crippen LogP contribution in [0.15, 0.2) is 34.3 Å². The number of nitrogens with zero attached hydrogens (tertiary/aromatic N) is 4. The van der Waals surface area contributed by atoms with Gasteiger partial charge in [-0.2, -0.15) is 4.99 Å². The first-order chi connectivity index (χ1) is 14.0. The molecule has 0 aromatic heterocycles. The minimum absolute atomic E-state index is 0.0707. The molecule has 8 heteroatoms. The van der Waals surface area contributed by atoms with E-state index in [1.54, 1.807) is 0 Å². The van der Waals surface area contributed by atoms with Gasteiger partial charge in [0.1, 0.15) is 5.66 Å². The molecule has 1 aliphatic heterocycles. The average Bonchev–Trinajstić information content (AvgIpc) is 2.71. The van der Waals surface area contributed by atoms with E-state index in [2.05, 4.69) is 34.0 Å². The van der Waals surface area contributed by atoms with E-state index in [-0.39, 0.29) is 11.9 Å². The lowest BCUT2D eigenvalue weighted by Gasteiger charge is -2.45. The van der Waals surface area contributed by atoms with Crippen LogP contribution in [-0.4, -0.2) is 54.6 Å². The maximum absolute atomic E-state index is 12.5. The molecule has 1 aromatic carbocycles. The van der Waals surface area contributed by atoms with Gasteiger partial charge in [-0.25, -0.2) is 4.99 Å². The van der Waals surface area contributed by atoms with Gasteiger partial charge in [0.2, 0.25) is 11.9 Å². The lowest BCUT2D eigenvalue weighted by Crippen LogP contribution is -2.58. The van der Waals surface area contributed by atoms with Gasteiger partial charge in [0.25, 0.3) is 5.91 Å². The number of benzene rings is 1. The summed E-state index contributed by atoms with van der Waals surface area (Å²) in [6, 6.07) is 7.48. The van der Waals surface area contributed by atoms with E-state index in [9.17, 15) is 4.79 Å². The number of likely N-dealkylation sites (N-methyl/N-ethyl adjacent to an activating group) is 1. The van der Waals surface area contributed by atoms with E-state index in [0.29, 0.717) is 18.1 Å². The summed E-state index contributed by atoms with van der Waals surface area (Å²) in [4.78, 5) is 25.6. The van der Waals surface area contributed by atoms with E-state index in [0.717, 1.165) is 51.0 Å². The van der Waals surface area contributed by atoms with Crippen molar-refractivity contribution in [3.8, 4) is 0 Å². The van der Waals surface area contributed by atoms with Crippen molar-refractivity contribution >= 4 is 23.5 Å². The van der Waals surface area contributed by atoms with Gasteiger partial charge in [0.05, 0.1) is 0 Å². The number of anilines is 1. The molecule has 1 aromatic rings. The summed E-state index contributed by atoms with van der Waals surface area (Å²) >= 11 is 0. The first-order valence-electron chi connectivity index (χ1n) is 10.6. The van der Waals surface area contributed by atoms with Gasteiger partial charge in [-0.05, 0) is 63.0 Å². The number of rotatable bonds is 7. The predicted molar refractivity (Wildman–Crippen MR) is 118 cm³/mol. The van der Waals surface area contributed by atoms with E-state index >= 15 is 0 Å². The van der Waals surface area contributed by atoms with Crippen molar-refractivity contribution in [1.82, 2.24) is 10.2 Å².